The fourth-order valence-electron chi connectivity index (χ4n) is 4.52. The smallest absolute Gasteiger partial charge is 0.248 e. The summed E-state index contributed by atoms with van der Waals surface area (Å²) in [4.78, 5) is 26.9. The van der Waals surface area contributed by atoms with Crippen molar-refractivity contribution in [3.05, 3.63) is 17.0 Å². The number of ether oxygens (including phenoxy) is 1. The number of hydrogen-bond acceptors (Lipinski definition) is 5. The molecule has 2 aliphatic heterocycles. The predicted molar refractivity (Wildman–Crippen MR) is 89.7 cm³/mol. The van der Waals surface area contributed by atoms with Gasteiger partial charge in [0.2, 0.25) is 11.8 Å². The van der Waals surface area contributed by atoms with Crippen molar-refractivity contribution in [2.75, 3.05) is 39.9 Å². The van der Waals surface area contributed by atoms with Crippen LogP contribution in [0.5, 0.6) is 0 Å². The van der Waals surface area contributed by atoms with Gasteiger partial charge in [-0.3, -0.25) is 14.7 Å². The monoisotopic (exact) mass is 347 g/mol. The van der Waals surface area contributed by atoms with Crippen molar-refractivity contribution in [2.45, 2.75) is 25.8 Å². The third-order valence-corrected chi connectivity index (χ3v) is 5.91. The summed E-state index contributed by atoms with van der Waals surface area (Å²) < 4.78 is 4.95. The molecule has 3 heterocycles. The molecule has 1 aromatic rings. The van der Waals surface area contributed by atoms with Crippen LogP contribution in [0.15, 0.2) is 0 Å². The minimum Gasteiger partial charge on any atom is -0.375 e. The van der Waals surface area contributed by atoms with Gasteiger partial charge in [-0.1, -0.05) is 0 Å². The molecule has 136 valence electrons. The van der Waals surface area contributed by atoms with Gasteiger partial charge in [-0.2, -0.15) is 5.10 Å². The van der Waals surface area contributed by atoms with Crippen molar-refractivity contribution in [2.24, 2.45) is 11.3 Å². The minimum atomic E-state index is -0.539. The second kappa shape index (κ2) is 6.42. The minimum absolute atomic E-state index is 0.0185. The van der Waals surface area contributed by atoms with E-state index in [2.05, 4.69) is 20.8 Å². The van der Waals surface area contributed by atoms with Gasteiger partial charge in [0.25, 0.3) is 0 Å². The molecule has 1 aliphatic carbocycles. The molecule has 3 aliphatic rings. The van der Waals surface area contributed by atoms with Gasteiger partial charge in [-0.25, -0.2) is 0 Å². The second-order valence-electron chi connectivity index (χ2n) is 7.35. The summed E-state index contributed by atoms with van der Waals surface area (Å²) in [5.74, 6) is 0.123. The third-order valence-electron chi connectivity index (χ3n) is 5.91. The molecule has 2 saturated heterocycles. The summed E-state index contributed by atoms with van der Waals surface area (Å²) in [5, 5.41) is 13.8. The average Bonchev–Trinajstić information content (AvgIpc) is 3.32. The van der Waals surface area contributed by atoms with Crippen LogP contribution < -0.4 is 10.6 Å². The summed E-state index contributed by atoms with van der Waals surface area (Å²) in [7, 11) is 1.52. The molecular weight excluding hydrogens is 322 g/mol. The molecule has 0 radical (unpaired) electrons. The first-order valence-corrected chi connectivity index (χ1v) is 8.95. The van der Waals surface area contributed by atoms with Crippen molar-refractivity contribution in [1.82, 2.24) is 25.7 Å². The van der Waals surface area contributed by atoms with E-state index >= 15 is 0 Å². The summed E-state index contributed by atoms with van der Waals surface area (Å²) >= 11 is 0. The van der Waals surface area contributed by atoms with Crippen LogP contribution in [0.4, 0.5) is 0 Å². The van der Waals surface area contributed by atoms with E-state index in [1.54, 1.807) is 4.90 Å². The number of nitrogens with one attached hydrogen (secondary N) is 3. The summed E-state index contributed by atoms with van der Waals surface area (Å²) in [6.07, 6.45) is 3.23. The van der Waals surface area contributed by atoms with Crippen molar-refractivity contribution in [3.63, 3.8) is 0 Å². The molecule has 4 rings (SSSR count). The number of likely N-dealkylation sites (tertiary alicyclic amines) is 1. The zero-order valence-electron chi connectivity index (χ0n) is 14.6. The van der Waals surface area contributed by atoms with E-state index in [1.807, 2.05) is 0 Å². The van der Waals surface area contributed by atoms with E-state index in [1.165, 1.54) is 18.4 Å². The quantitative estimate of drug-likeness (QED) is 0.648. The topological polar surface area (TPSA) is 99.3 Å². The standard InChI is InChI=1S/C17H25N5O3/c1-25-8-15(23)22-7-11-5-18-9-17(11,10-22)16(24)19-6-14-12-3-2-4-13(12)20-21-14/h11,18H,2-10H2,1H3,(H,19,24)(H,20,21)/t11-,17-/m0/s1. The molecule has 2 amide bonds. The summed E-state index contributed by atoms with van der Waals surface area (Å²) in [6.45, 7) is 2.96. The van der Waals surface area contributed by atoms with E-state index in [-0.39, 0.29) is 24.3 Å². The highest BCUT2D eigenvalue weighted by Gasteiger charge is 2.55. The highest BCUT2D eigenvalue weighted by Crippen LogP contribution is 2.39. The highest BCUT2D eigenvalue weighted by atomic mass is 16.5. The number of carbonyl (C=O) groups is 2. The van der Waals surface area contributed by atoms with Crippen molar-refractivity contribution >= 4 is 11.8 Å². The largest absolute Gasteiger partial charge is 0.375 e. The first-order valence-electron chi connectivity index (χ1n) is 8.95. The molecule has 8 nitrogen and oxygen atoms in total. The molecule has 0 spiro atoms. The van der Waals surface area contributed by atoms with Crippen LogP contribution in [-0.2, 0) is 33.7 Å². The second-order valence-corrected chi connectivity index (χ2v) is 7.35. The van der Waals surface area contributed by atoms with Crippen molar-refractivity contribution < 1.29 is 14.3 Å². The van der Waals surface area contributed by atoms with Crippen LogP contribution in [0, 0.1) is 11.3 Å². The number of aromatic amines is 1. The Labute approximate surface area is 146 Å². The van der Waals surface area contributed by atoms with Gasteiger partial charge < -0.3 is 20.3 Å². The first kappa shape index (κ1) is 16.5. The van der Waals surface area contributed by atoms with E-state index < -0.39 is 5.41 Å². The van der Waals surface area contributed by atoms with Gasteiger partial charge in [0.05, 0.1) is 17.7 Å². The number of H-pyrrole nitrogens is 1. The van der Waals surface area contributed by atoms with Crippen LogP contribution in [0.1, 0.15) is 23.4 Å². The lowest BCUT2D eigenvalue weighted by Crippen LogP contribution is -2.47. The van der Waals surface area contributed by atoms with Gasteiger partial charge in [-0.15, -0.1) is 0 Å². The number of amides is 2. The van der Waals surface area contributed by atoms with Gasteiger partial charge in [-0.05, 0) is 24.8 Å². The molecule has 2 atom stereocenters. The lowest BCUT2D eigenvalue weighted by molar-refractivity contribution is -0.135. The molecular formula is C17H25N5O3. The normalized spacial score (nSPS) is 27.4. The number of aryl methyl sites for hydroxylation is 1. The molecule has 25 heavy (non-hydrogen) atoms. The Morgan fingerprint density at radius 2 is 2.32 bits per heavy atom. The molecule has 8 heteroatoms. The first-order chi connectivity index (χ1) is 12.1. The van der Waals surface area contributed by atoms with Crippen molar-refractivity contribution in [1.29, 1.82) is 0 Å². The average molecular weight is 347 g/mol. The Kier molecular flexibility index (Phi) is 4.24. The van der Waals surface area contributed by atoms with Gasteiger partial charge in [0, 0.05) is 44.9 Å². The number of carbonyl (C=O) groups excluding carboxylic acids is 2. The Balaban J connectivity index is 1.43. The summed E-state index contributed by atoms with van der Waals surface area (Å²) in [6, 6.07) is 0. The maximum absolute atomic E-state index is 13.0. The number of fused-ring (bicyclic) bond motifs is 2. The Hall–Kier alpha value is -1.93. The number of aromatic nitrogens is 2. The Morgan fingerprint density at radius 3 is 3.16 bits per heavy atom. The van der Waals surface area contributed by atoms with E-state index in [0.29, 0.717) is 26.2 Å². The molecule has 3 N–H and O–H groups in total. The molecule has 0 bridgehead atoms. The molecule has 0 saturated carbocycles. The van der Waals surface area contributed by atoms with E-state index in [4.69, 9.17) is 4.74 Å². The molecule has 2 fully saturated rings. The fourth-order valence-corrected chi connectivity index (χ4v) is 4.52. The van der Waals surface area contributed by atoms with Crippen LogP contribution in [-0.4, -0.2) is 66.8 Å². The maximum Gasteiger partial charge on any atom is 0.248 e. The number of rotatable bonds is 5. The van der Waals surface area contributed by atoms with Crippen LogP contribution >= 0.6 is 0 Å². The molecule has 0 unspecified atom stereocenters. The SMILES string of the molecule is COCC(=O)N1C[C@@H]2CNC[C@]2(C(=O)NCc2n[nH]c3c2CCC3)C1. The number of hydrogen-bond donors (Lipinski definition) is 3. The van der Waals surface area contributed by atoms with E-state index in [9.17, 15) is 9.59 Å². The lowest BCUT2D eigenvalue weighted by atomic mass is 9.80. The van der Waals surface area contributed by atoms with Crippen LogP contribution in [0.3, 0.4) is 0 Å². The zero-order chi connectivity index (χ0) is 17.4. The van der Waals surface area contributed by atoms with Gasteiger partial charge in [0.15, 0.2) is 0 Å². The summed E-state index contributed by atoms with van der Waals surface area (Å²) in [5.41, 5.74) is 2.88. The van der Waals surface area contributed by atoms with Gasteiger partial charge >= 0.3 is 0 Å². The Bertz CT molecular complexity index is 688. The van der Waals surface area contributed by atoms with Crippen LogP contribution in [0.25, 0.3) is 0 Å². The maximum atomic E-state index is 13.0. The van der Waals surface area contributed by atoms with E-state index in [0.717, 1.165) is 31.5 Å². The predicted octanol–water partition coefficient (Wildman–Crippen LogP) is -0.791. The number of nitrogens with zero attached hydrogens (tertiary/aromatic N) is 2. The fraction of sp³-hybridized carbons (Fsp3) is 0.706. The van der Waals surface area contributed by atoms with Crippen molar-refractivity contribution in [3.8, 4) is 0 Å². The lowest BCUT2D eigenvalue weighted by Gasteiger charge is -2.26. The molecule has 1 aromatic heterocycles. The van der Waals surface area contributed by atoms with Crippen LogP contribution in [0.2, 0.25) is 0 Å². The molecule has 0 aromatic carbocycles. The Morgan fingerprint density at radius 1 is 1.44 bits per heavy atom. The van der Waals surface area contributed by atoms with Gasteiger partial charge in [0.1, 0.15) is 6.61 Å². The highest BCUT2D eigenvalue weighted by molar-refractivity contribution is 5.86. The zero-order valence-corrected chi connectivity index (χ0v) is 14.6. The number of methoxy groups -OCH3 is 1. The third kappa shape index (κ3) is 2.73.